The normalized spacial score (nSPS) is 15.7. The first-order valence-corrected chi connectivity index (χ1v) is 9.91. The van der Waals surface area contributed by atoms with Gasteiger partial charge in [-0.25, -0.2) is 4.98 Å². The van der Waals surface area contributed by atoms with Gasteiger partial charge in [0.2, 0.25) is 5.76 Å². The molecule has 2 aromatic carbocycles. The highest BCUT2D eigenvalue weighted by Crippen LogP contribution is 2.40. The fourth-order valence-electron chi connectivity index (χ4n) is 3.78. The van der Waals surface area contributed by atoms with Crippen LogP contribution in [0, 0.1) is 6.92 Å². The molecule has 1 aliphatic heterocycles. The van der Waals surface area contributed by atoms with Crippen LogP contribution in [0.2, 0.25) is 0 Å². The van der Waals surface area contributed by atoms with E-state index in [1.54, 1.807) is 29.3 Å². The van der Waals surface area contributed by atoms with Gasteiger partial charge in [-0.3, -0.25) is 14.5 Å². The molecule has 29 heavy (non-hydrogen) atoms. The summed E-state index contributed by atoms with van der Waals surface area (Å²) in [4.78, 5) is 32.8. The van der Waals surface area contributed by atoms with Crippen molar-refractivity contribution in [3.8, 4) is 0 Å². The number of fused-ring (bicyclic) bond motifs is 2. The van der Waals surface area contributed by atoms with E-state index in [1.807, 2.05) is 49.4 Å². The second-order valence-corrected chi connectivity index (χ2v) is 7.91. The molecule has 0 unspecified atom stereocenters. The summed E-state index contributed by atoms with van der Waals surface area (Å²) in [6.07, 6.45) is 1.66. The van der Waals surface area contributed by atoms with Crippen LogP contribution in [0.25, 0.3) is 11.0 Å². The van der Waals surface area contributed by atoms with Gasteiger partial charge in [-0.1, -0.05) is 46.3 Å². The predicted octanol–water partition coefficient (Wildman–Crippen LogP) is 5.01. The maximum Gasteiger partial charge on any atom is 0.296 e. The molecule has 0 saturated heterocycles. The zero-order chi connectivity index (χ0) is 20.1. The molecule has 0 saturated carbocycles. The van der Waals surface area contributed by atoms with E-state index >= 15 is 0 Å². The average molecular weight is 447 g/mol. The first-order valence-electron chi connectivity index (χ1n) is 9.12. The van der Waals surface area contributed by atoms with E-state index in [0.29, 0.717) is 22.4 Å². The maximum atomic E-state index is 13.5. The summed E-state index contributed by atoms with van der Waals surface area (Å²) >= 11 is 3.41. The lowest BCUT2D eigenvalue weighted by atomic mass is 9.98. The zero-order valence-corrected chi connectivity index (χ0v) is 17.0. The number of hydrogen-bond donors (Lipinski definition) is 0. The quantitative estimate of drug-likeness (QED) is 0.434. The third-order valence-electron chi connectivity index (χ3n) is 5.10. The van der Waals surface area contributed by atoms with Crippen molar-refractivity contribution in [1.29, 1.82) is 0 Å². The van der Waals surface area contributed by atoms with E-state index in [2.05, 4.69) is 20.9 Å². The number of amides is 1. The van der Waals surface area contributed by atoms with Crippen molar-refractivity contribution >= 4 is 38.6 Å². The van der Waals surface area contributed by atoms with Gasteiger partial charge in [-0.2, -0.15) is 0 Å². The third kappa shape index (κ3) is 2.79. The Labute approximate surface area is 174 Å². The van der Waals surface area contributed by atoms with E-state index in [1.165, 1.54) is 0 Å². The molecule has 1 amide bonds. The number of rotatable bonds is 2. The van der Waals surface area contributed by atoms with Crippen molar-refractivity contribution in [2.24, 2.45) is 0 Å². The number of nitrogens with zero attached hydrogens (tertiary/aromatic N) is 2. The summed E-state index contributed by atoms with van der Waals surface area (Å²) in [7, 11) is 0. The number of carbonyl (C=O) groups is 1. The smallest absolute Gasteiger partial charge is 0.296 e. The number of pyridine rings is 1. The molecule has 3 heterocycles. The lowest BCUT2D eigenvalue weighted by molar-refractivity contribution is 0.0970. The Balaban J connectivity index is 1.84. The molecular formula is C23H15BrN2O3. The van der Waals surface area contributed by atoms with Gasteiger partial charge >= 0.3 is 0 Å². The van der Waals surface area contributed by atoms with Crippen LogP contribution < -0.4 is 10.3 Å². The summed E-state index contributed by atoms with van der Waals surface area (Å²) < 4.78 is 6.72. The molecule has 5 nitrogen and oxygen atoms in total. The SMILES string of the molecule is Cc1ccnc(N2C(=O)c3oc4ccc(Br)cc4c(=O)c3[C@@H]2c2ccccc2)c1. The largest absolute Gasteiger partial charge is 0.450 e. The van der Waals surface area contributed by atoms with Crippen LogP contribution in [-0.2, 0) is 0 Å². The van der Waals surface area contributed by atoms with Gasteiger partial charge in [-0.05, 0) is 48.4 Å². The zero-order valence-electron chi connectivity index (χ0n) is 15.4. The van der Waals surface area contributed by atoms with Gasteiger partial charge < -0.3 is 4.42 Å². The van der Waals surface area contributed by atoms with Gasteiger partial charge in [0.1, 0.15) is 11.4 Å². The average Bonchev–Trinajstić information content (AvgIpc) is 3.02. The molecule has 0 N–H and O–H groups in total. The molecule has 0 spiro atoms. The molecule has 5 rings (SSSR count). The number of anilines is 1. The minimum atomic E-state index is -0.604. The van der Waals surface area contributed by atoms with Crippen molar-refractivity contribution in [2.75, 3.05) is 4.90 Å². The second-order valence-electron chi connectivity index (χ2n) is 6.99. The topological polar surface area (TPSA) is 63.4 Å². The highest BCUT2D eigenvalue weighted by molar-refractivity contribution is 9.10. The van der Waals surface area contributed by atoms with E-state index < -0.39 is 6.04 Å². The van der Waals surface area contributed by atoms with Gasteiger partial charge in [0.15, 0.2) is 5.43 Å². The number of aromatic nitrogens is 1. The first-order chi connectivity index (χ1) is 14.0. The standard InChI is InChI=1S/C23H15BrN2O3/c1-13-9-10-25-18(11-13)26-20(14-5-3-2-4-6-14)19-21(27)16-12-15(24)7-8-17(16)29-22(19)23(26)28/h2-12,20H,1H3/t20-/m0/s1. The van der Waals surface area contributed by atoms with E-state index in [-0.39, 0.29) is 17.1 Å². The van der Waals surface area contributed by atoms with Crippen LogP contribution in [0.1, 0.15) is 33.3 Å². The first kappa shape index (κ1) is 17.8. The number of hydrogen-bond acceptors (Lipinski definition) is 4. The lowest BCUT2D eigenvalue weighted by Crippen LogP contribution is -2.30. The van der Waals surface area contributed by atoms with Gasteiger partial charge in [-0.15, -0.1) is 0 Å². The predicted molar refractivity (Wildman–Crippen MR) is 114 cm³/mol. The Hall–Kier alpha value is -3.25. The van der Waals surface area contributed by atoms with Crippen molar-refractivity contribution in [3.05, 3.63) is 104 Å². The van der Waals surface area contributed by atoms with Crippen LogP contribution >= 0.6 is 15.9 Å². The molecule has 142 valence electrons. The summed E-state index contributed by atoms with van der Waals surface area (Å²) in [6, 6.07) is 17.8. The molecule has 1 atom stereocenters. The molecule has 0 fully saturated rings. The molecule has 6 heteroatoms. The van der Waals surface area contributed by atoms with Crippen molar-refractivity contribution in [1.82, 2.24) is 4.98 Å². The Morgan fingerprint density at radius 3 is 2.59 bits per heavy atom. The van der Waals surface area contributed by atoms with Crippen LogP contribution in [0.5, 0.6) is 0 Å². The van der Waals surface area contributed by atoms with E-state index in [9.17, 15) is 9.59 Å². The molecule has 4 aromatic rings. The number of aryl methyl sites for hydroxylation is 1. The maximum absolute atomic E-state index is 13.5. The minimum absolute atomic E-state index is 0.0713. The van der Waals surface area contributed by atoms with Crippen LogP contribution in [0.4, 0.5) is 5.82 Å². The molecule has 2 aromatic heterocycles. The summed E-state index contributed by atoms with van der Waals surface area (Å²) in [5.41, 5.74) is 2.31. The van der Waals surface area contributed by atoms with Gasteiger partial charge in [0, 0.05) is 10.7 Å². The Bertz CT molecular complexity index is 1330. The van der Waals surface area contributed by atoms with Crippen LogP contribution in [0.15, 0.2) is 80.5 Å². The monoisotopic (exact) mass is 446 g/mol. The fraction of sp³-hybridized carbons (Fsp3) is 0.0870. The second kappa shape index (κ2) is 6.67. The van der Waals surface area contributed by atoms with Gasteiger partial charge in [0.05, 0.1) is 17.0 Å². The Kier molecular flexibility index (Phi) is 4.10. The van der Waals surface area contributed by atoms with Gasteiger partial charge in [0.25, 0.3) is 5.91 Å². The van der Waals surface area contributed by atoms with E-state index in [4.69, 9.17) is 4.42 Å². The van der Waals surface area contributed by atoms with Crippen LogP contribution in [-0.4, -0.2) is 10.9 Å². The summed E-state index contributed by atoms with van der Waals surface area (Å²) in [5.74, 6) is 0.191. The van der Waals surface area contributed by atoms with Crippen LogP contribution in [0.3, 0.4) is 0 Å². The fourth-order valence-corrected chi connectivity index (χ4v) is 4.15. The van der Waals surface area contributed by atoms with Crippen molar-refractivity contribution in [3.63, 3.8) is 0 Å². The highest BCUT2D eigenvalue weighted by Gasteiger charge is 2.44. The lowest BCUT2D eigenvalue weighted by Gasteiger charge is -2.24. The number of carbonyl (C=O) groups excluding carboxylic acids is 1. The minimum Gasteiger partial charge on any atom is -0.450 e. The van der Waals surface area contributed by atoms with Crippen molar-refractivity contribution in [2.45, 2.75) is 13.0 Å². The summed E-state index contributed by atoms with van der Waals surface area (Å²) in [5, 5.41) is 0.436. The molecule has 0 aliphatic carbocycles. The third-order valence-corrected chi connectivity index (χ3v) is 5.59. The molecular weight excluding hydrogens is 432 g/mol. The van der Waals surface area contributed by atoms with Crippen molar-refractivity contribution < 1.29 is 9.21 Å². The molecule has 1 aliphatic rings. The molecule has 0 bridgehead atoms. The Morgan fingerprint density at radius 2 is 1.83 bits per heavy atom. The molecule has 0 radical (unpaired) electrons. The van der Waals surface area contributed by atoms with E-state index in [0.717, 1.165) is 15.6 Å². The summed E-state index contributed by atoms with van der Waals surface area (Å²) in [6.45, 7) is 1.94. The number of halogens is 1. The highest BCUT2D eigenvalue weighted by atomic mass is 79.9. The number of benzene rings is 2. The Morgan fingerprint density at radius 1 is 1.03 bits per heavy atom.